The minimum absolute atomic E-state index is 0.350. The Morgan fingerprint density at radius 3 is 1.45 bits per heavy atom. The lowest BCUT2D eigenvalue weighted by Gasteiger charge is -2.59. The second-order valence-electron chi connectivity index (χ2n) is 16.5. The molecule has 4 aliphatic rings. The summed E-state index contributed by atoms with van der Waals surface area (Å²) in [6.45, 7) is 30.2. The van der Waals surface area contributed by atoms with E-state index in [9.17, 15) is 0 Å². The smallest absolute Gasteiger partial charge is 0.0125 e. The van der Waals surface area contributed by atoms with Crippen LogP contribution in [-0.4, -0.2) is 47.1 Å². The van der Waals surface area contributed by atoms with Crippen LogP contribution in [0.15, 0.2) is 0 Å². The van der Waals surface area contributed by atoms with Gasteiger partial charge in [0.05, 0.1) is 0 Å². The minimum Gasteiger partial charge on any atom is -0.298 e. The summed E-state index contributed by atoms with van der Waals surface area (Å²) in [5.74, 6) is 3.81. The van der Waals surface area contributed by atoms with Gasteiger partial charge in [-0.1, -0.05) is 27.7 Å². The average molecular weight is 459 g/mol. The highest BCUT2D eigenvalue weighted by molar-refractivity contribution is 5.03. The van der Waals surface area contributed by atoms with Crippen LogP contribution < -0.4 is 0 Å². The maximum atomic E-state index is 2.76. The van der Waals surface area contributed by atoms with Gasteiger partial charge in [-0.05, 0) is 133 Å². The Morgan fingerprint density at radius 1 is 0.606 bits per heavy atom. The van der Waals surface area contributed by atoms with Crippen LogP contribution in [0.5, 0.6) is 0 Å². The Hall–Kier alpha value is -0.0800. The van der Waals surface area contributed by atoms with Crippen LogP contribution in [0.1, 0.15) is 121 Å². The number of hydrogen-bond donors (Lipinski definition) is 0. The number of rotatable bonds is 5. The van der Waals surface area contributed by atoms with E-state index in [0.717, 1.165) is 23.7 Å². The van der Waals surface area contributed by atoms with Crippen molar-refractivity contribution in [3.05, 3.63) is 0 Å². The number of fused-ring (bicyclic) bond motifs is 1. The molecule has 2 nitrogen and oxygen atoms in total. The third-order valence-electron chi connectivity index (χ3n) is 11.4. The first-order valence-electron chi connectivity index (χ1n) is 14.5. The van der Waals surface area contributed by atoms with Gasteiger partial charge in [0.1, 0.15) is 0 Å². The molecule has 0 N–H and O–H groups in total. The van der Waals surface area contributed by atoms with E-state index < -0.39 is 0 Å². The van der Waals surface area contributed by atoms with Gasteiger partial charge in [-0.25, -0.2) is 0 Å². The molecule has 2 saturated heterocycles. The van der Waals surface area contributed by atoms with Crippen molar-refractivity contribution in [2.75, 3.05) is 26.2 Å². The van der Waals surface area contributed by atoms with Crippen LogP contribution in [0.4, 0.5) is 0 Å². The van der Waals surface area contributed by atoms with E-state index in [4.69, 9.17) is 0 Å². The van der Waals surface area contributed by atoms with Gasteiger partial charge in [0, 0.05) is 37.3 Å². The van der Waals surface area contributed by atoms with Crippen molar-refractivity contribution in [2.24, 2.45) is 39.9 Å². The van der Waals surface area contributed by atoms with E-state index in [-0.39, 0.29) is 0 Å². The maximum absolute atomic E-state index is 2.76. The Labute approximate surface area is 207 Å². The fraction of sp³-hybridized carbons (Fsp3) is 1.00. The largest absolute Gasteiger partial charge is 0.298 e. The number of nitrogens with zero attached hydrogens (tertiary/aromatic N) is 2. The van der Waals surface area contributed by atoms with Gasteiger partial charge in [-0.3, -0.25) is 9.80 Å². The summed E-state index contributed by atoms with van der Waals surface area (Å²) in [6.07, 6.45) is 11.7. The van der Waals surface area contributed by atoms with Crippen molar-refractivity contribution >= 4 is 0 Å². The molecular weight excluding hydrogens is 400 g/mol. The first-order chi connectivity index (χ1) is 15.0. The van der Waals surface area contributed by atoms with Crippen molar-refractivity contribution in [2.45, 2.75) is 132 Å². The number of likely N-dealkylation sites (tertiary alicyclic amines) is 2. The molecule has 4 fully saturated rings. The zero-order chi connectivity index (χ0) is 24.4. The van der Waals surface area contributed by atoms with E-state index in [2.05, 4.69) is 79.0 Å². The molecule has 2 atom stereocenters. The third kappa shape index (κ3) is 5.37. The molecule has 33 heavy (non-hydrogen) atoms. The second kappa shape index (κ2) is 8.50. The van der Waals surface area contributed by atoms with Gasteiger partial charge < -0.3 is 0 Å². The molecule has 2 heterocycles. The lowest BCUT2D eigenvalue weighted by atomic mass is 9.58. The molecular formula is C31H58N2. The van der Waals surface area contributed by atoms with Crippen molar-refractivity contribution in [3.63, 3.8) is 0 Å². The Balaban J connectivity index is 1.24. The topological polar surface area (TPSA) is 6.48 Å². The molecule has 0 aromatic rings. The van der Waals surface area contributed by atoms with Gasteiger partial charge >= 0.3 is 0 Å². The molecule has 0 amide bonds. The molecule has 2 unspecified atom stereocenters. The van der Waals surface area contributed by atoms with Gasteiger partial charge in [-0.15, -0.1) is 0 Å². The molecule has 2 aliphatic carbocycles. The Bertz CT molecular complexity index is 661. The average Bonchev–Trinajstić information content (AvgIpc) is 3.23. The molecule has 0 aromatic heterocycles. The van der Waals surface area contributed by atoms with Gasteiger partial charge in [0.25, 0.3) is 0 Å². The quantitative estimate of drug-likeness (QED) is 0.413. The van der Waals surface area contributed by atoms with Gasteiger partial charge in [-0.2, -0.15) is 0 Å². The van der Waals surface area contributed by atoms with Crippen molar-refractivity contribution in [3.8, 4) is 0 Å². The van der Waals surface area contributed by atoms with Gasteiger partial charge in [0.15, 0.2) is 0 Å². The van der Waals surface area contributed by atoms with Gasteiger partial charge in [0.2, 0.25) is 0 Å². The molecule has 4 rings (SSSR count). The second-order valence-corrected chi connectivity index (χ2v) is 16.5. The molecule has 192 valence electrons. The van der Waals surface area contributed by atoms with Crippen LogP contribution in [0, 0.1) is 39.9 Å². The molecule has 0 bridgehead atoms. The zero-order valence-corrected chi connectivity index (χ0v) is 24.2. The molecule has 2 saturated carbocycles. The summed E-state index contributed by atoms with van der Waals surface area (Å²) < 4.78 is 0. The summed E-state index contributed by atoms with van der Waals surface area (Å²) in [7, 11) is 0. The van der Waals surface area contributed by atoms with Crippen molar-refractivity contribution in [1.29, 1.82) is 0 Å². The fourth-order valence-electron chi connectivity index (χ4n) is 8.10. The first-order valence-corrected chi connectivity index (χ1v) is 14.5. The van der Waals surface area contributed by atoms with E-state index >= 15 is 0 Å². The summed E-state index contributed by atoms with van der Waals surface area (Å²) in [4.78, 5) is 5.46. The Morgan fingerprint density at radius 2 is 1.03 bits per heavy atom. The van der Waals surface area contributed by atoms with E-state index in [1.165, 1.54) is 77.5 Å². The monoisotopic (exact) mass is 458 g/mol. The molecule has 0 aromatic carbocycles. The SMILES string of the molecule is CC(C)(CCC(C)(C)C1CC2CN(C(C)(C)C)CC2C1)C1CCC2(CC1)CN(C(C)(C)C)C2. The van der Waals surface area contributed by atoms with Crippen molar-refractivity contribution in [1.82, 2.24) is 9.80 Å². The summed E-state index contributed by atoms with van der Waals surface area (Å²) in [5.41, 5.74) is 2.38. The lowest BCUT2D eigenvalue weighted by molar-refractivity contribution is -0.0939. The standard InChI is InChI=1S/C31H58N2/c1-27(2,3)32-19-23-17-26(18-24(23)20-32)30(9,10)16-15-29(7,8)25-11-13-31(14-12-25)21-33(22-31)28(4,5)6/h23-26H,11-22H2,1-10H3. The lowest BCUT2D eigenvalue weighted by Crippen LogP contribution is -2.63. The van der Waals surface area contributed by atoms with E-state index in [0.29, 0.717) is 27.3 Å². The molecule has 2 aliphatic heterocycles. The highest BCUT2D eigenvalue weighted by atomic mass is 15.3. The fourth-order valence-corrected chi connectivity index (χ4v) is 8.10. The predicted octanol–water partition coefficient (Wildman–Crippen LogP) is 7.87. The first kappa shape index (κ1) is 26.0. The third-order valence-corrected chi connectivity index (χ3v) is 11.4. The summed E-state index contributed by atoms with van der Waals surface area (Å²) in [6, 6.07) is 0. The highest BCUT2D eigenvalue weighted by Crippen LogP contribution is 2.55. The zero-order valence-electron chi connectivity index (χ0n) is 24.2. The van der Waals surface area contributed by atoms with Crippen LogP contribution in [-0.2, 0) is 0 Å². The van der Waals surface area contributed by atoms with Crippen LogP contribution in [0.25, 0.3) is 0 Å². The maximum Gasteiger partial charge on any atom is 0.0125 e. The minimum atomic E-state index is 0.350. The number of hydrogen-bond acceptors (Lipinski definition) is 2. The normalized spacial score (nSPS) is 32.4. The molecule has 0 radical (unpaired) electrons. The van der Waals surface area contributed by atoms with Crippen LogP contribution >= 0.6 is 0 Å². The van der Waals surface area contributed by atoms with Crippen molar-refractivity contribution < 1.29 is 0 Å². The highest BCUT2D eigenvalue weighted by Gasteiger charge is 2.50. The van der Waals surface area contributed by atoms with E-state index in [1.807, 2.05) is 0 Å². The predicted molar refractivity (Wildman–Crippen MR) is 144 cm³/mol. The molecule has 2 heteroatoms. The summed E-state index contributed by atoms with van der Waals surface area (Å²) in [5, 5.41) is 0. The van der Waals surface area contributed by atoms with Crippen LogP contribution in [0.2, 0.25) is 0 Å². The molecule has 1 spiro atoms. The summed E-state index contributed by atoms with van der Waals surface area (Å²) >= 11 is 0. The Kier molecular flexibility index (Phi) is 6.70. The van der Waals surface area contributed by atoms with Crippen LogP contribution in [0.3, 0.4) is 0 Å². The van der Waals surface area contributed by atoms with E-state index in [1.54, 1.807) is 0 Å².